The molecule has 5 heteroatoms. The van der Waals surface area contributed by atoms with Gasteiger partial charge in [-0.1, -0.05) is 0 Å². The van der Waals surface area contributed by atoms with Crippen LogP contribution in [0.3, 0.4) is 0 Å². The van der Waals surface area contributed by atoms with Crippen LogP contribution in [0.15, 0.2) is 18.3 Å². The van der Waals surface area contributed by atoms with E-state index < -0.39 is 11.7 Å². The third-order valence-corrected chi connectivity index (χ3v) is 2.92. The summed E-state index contributed by atoms with van der Waals surface area (Å²) in [5.74, 6) is 0.623. The van der Waals surface area contributed by atoms with Gasteiger partial charge in [0.15, 0.2) is 5.60 Å². The molecule has 2 N–H and O–H groups in total. The molecule has 1 saturated heterocycles. The molecule has 15 heavy (non-hydrogen) atoms. The first-order valence-corrected chi connectivity index (χ1v) is 4.96. The molecular formula is C10H11N3O2. The quantitative estimate of drug-likeness (QED) is 0.658. The van der Waals surface area contributed by atoms with E-state index in [9.17, 15) is 4.79 Å². The van der Waals surface area contributed by atoms with Crippen molar-refractivity contribution in [3.05, 3.63) is 23.9 Å². The highest BCUT2D eigenvalue weighted by molar-refractivity contribution is 5.87. The standard InChI is InChI=1S/C10H11N3O2/c14-9-13-8-7(2-1-4-12-8)10(15-9)3-5-11-6-10/h1-2,4,11H,3,5-6H2,(H,12,13,14). The van der Waals surface area contributed by atoms with Crippen molar-refractivity contribution >= 4 is 11.9 Å². The van der Waals surface area contributed by atoms with Crippen LogP contribution in [0.25, 0.3) is 0 Å². The Kier molecular flexibility index (Phi) is 1.70. The van der Waals surface area contributed by atoms with Crippen LogP contribution in [-0.2, 0) is 10.3 Å². The first kappa shape index (κ1) is 8.67. The molecule has 5 nitrogen and oxygen atoms in total. The number of pyridine rings is 1. The van der Waals surface area contributed by atoms with Gasteiger partial charge >= 0.3 is 6.09 Å². The Balaban J connectivity index is 2.14. The van der Waals surface area contributed by atoms with Gasteiger partial charge in [0.25, 0.3) is 0 Å². The Hall–Kier alpha value is -1.62. The van der Waals surface area contributed by atoms with Crippen LogP contribution >= 0.6 is 0 Å². The lowest BCUT2D eigenvalue weighted by atomic mass is 9.92. The first-order chi connectivity index (χ1) is 7.30. The van der Waals surface area contributed by atoms with Gasteiger partial charge in [-0.15, -0.1) is 0 Å². The highest BCUT2D eigenvalue weighted by Crippen LogP contribution is 2.38. The maximum atomic E-state index is 11.4. The highest BCUT2D eigenvalue weighted by atomic mass is 16.6. The van der Waals surface area contributed by atoms with E-state index in [4.69, 9.17) is 4.74 Å². The van der Waals surface area contributed by atoms with Gasteiger partial charge in [-0.05, 0) is 18.7 Å². The number of rotatable bonds is 0. The van der Waals surface area contributed by atoms with E-state index in [-0.39, 0.29) is 0 Å². The van der Waals surface area contributed by atoms with Crippen LogP contribution in [0.1, 0.15) is 12.0 Å². The predicted octanol–water partition coefficient (Wildman–Crippen LogP) is 0.832. The Labute approximate surface area is 86.8 Å². The minimum Gasteiger partial charge on any atom is -0.436 e. The van der Waals surface area contributed by atoms with Gasteiger partial charge in [0, 0.05) is 24.7 Å². The van der Waals surface area contributed by atoms with Crippen LogP contribution in [0.4, 0.5) is 10.6 Å². The Morgan fingerprint density at radius 2 is 2.47 bits per heavy atom. The SMILES string of the molecule is O=C1Nc2ncccc2C2(CCNC2)O1. The second kappa shape index (κ2) is 2.93. The fourth-order valence-corrected chi connectivity index (χ4v) is 2.21. The van der Waals surface area contributed by atoms with Crippen molar-refractivity contribution in [3.63, 3.8) is 0 Å². The van der Waals surface area contributed by atoms with E-state index in [0.29, 0.717) is 12.4 Å². The number of carbonyl (C=O) groups excluding carboxylic acids is 1. The molecule has 1 amide bonds. The summed E-state index contributed by atoms with van der Waals surface area (Å²) in [7, 11) is 0. The van der Waals surface area contributed by atoms with Crippen molar-refractivity contribution < 1.29 is 9.53 Å². The van der Waals surface area contributed by atoms with E-state index in [1.165, 1.54) is 0 Å². The molecule has 2 aliphatic rings. The smallest absolute Gasteiger partial charge is 0.413 e. The molecule has 0 bridgehead atoms. The monoisotopic (exact) mass is 205 g/mol. The lowest BCUT2D eigenvalue weighted by Gasteiger charge is -2.33. The van der Waals surface area contributed by atoms with Gasteiger partial charge in [0.05, 0.1) is 0 Å². The summed E-state index contributed by atoms with van der Waals surface area (Å²) in [6, 6.07) is 3.81. The zero-order valence-electron chi connectivity index (χ0n) is 8.12. The highest BCUT2D eigenvalue weighted by Gasteiger charge is 2.44. The predicted molar refractivity (Wildman–Crippen MR) is 53.5 cm³/mol. The molecule has 0 aromatic carbocycles. The summed E-state index contributed by atoms with van der Waals surface area (Å²) in [6.07, 6.45) is 2.06. The molecule has 3 heterocycles. The molecule has 0 saturated carbocycles. The number of nitrogens with one attached hydrogen (secondary N) is 2. The van der Waals surface area contributed by atoms with Crippen LogP contribution in [0, 0.1) is 0 Å². The van der Waals surface area contributed by atoms with Crippen LogP contribution in [0.2, 0.25) is 0 Å². The Bertz CT molecular complexity index is 413. The topological polar surface area (TPSA) is 63.2 Å². The Morgan fingerprint density at radius 3 is 3.27 bits per heavy atom. The normalized spacial score (nSPS) is 28.4. The fraction of sp³-hybridized carbons (Fsp3) is 0.400. The average molecular weight is 205 g/mol. The lowest BCUT2D eigenvalue weighted by molar-refractivity contribution is 0.0273. The number of aromatic nitrogens is 1. The molecule has 78 valence electrons. The number of ether oxygens (including phenoxy) is 1. The summed E-state index contributed by atoms with van der Waals surface area (Å²) in [5.41, 5.74) is 0.459. The molecule has 1 spiro atoms. The molecule has 0 radical (unpaired) electrons. The summed E-state index contributed by atoms with van der Waals surface area (Å²) >= 11 is 0. The van der Waals surface area contributed by atoms with Crippen LogP contribution in [0.5, 0.6) is 0 Å². The molecule has 1 fully saturated rings. The number of carbonyl (C=O) groups is 1. The zero-order chi connectivity index (χ0) is 10.3. The maximum absolute atomic E-state index is 11.4. The average Bonchev–Trinajstić information content (AvgIpc) is 2.67. The van der Waals surface area contributed by atoms with Gasteiger partial charge in [0.1, 0.15) is 5.82 Å². The fourth-order valence-electron chi connectivity index (χ4n) is 2.21. The molecule has 3 rings (SSSR count). The third kappa shape index (κ3) is 1.20. The van der Waals surface area contributed by atoms with E-state index in [2.05, 4.69) is 15.6 Å². The van der Waals surface area contributed by atoms with Crippen LogP contribution < -0.4 is 10.6 Å². The summed E-state index contributed by atoms with van der Waals surface area (Å²) in [6.45, 7) is 1.53. The molecular weight excluding hydrogens is 194 g/mol. The maximum Gasteiger partial charge on any atom is 0.413 e. The Morgan fingerprint density at radius 1 is 1.53 bits per heavy atom. The minimum absolute atomic E-state index is 0.412. The van der Waals surface area contributed by atoms with Gasteiger partial charge in [-0.25, -0.2) is 9.78 Å². The summed E-state index contributed by atoms with van der Waals surface area (Å²) in [4.78, 5) is 15.5. The summed E-state index contributed by atoms with van der Waals surface area (Å²) < 4.78 is 5.41. The third-order valence-electron chi connectivity index (χ3n) is 2.92. The summed E-state index contributed by atoms with van der Waals surface area (Å²) in [5, 5.41) is 5.82. The lowest BCUT2D eigenvalue weighted by Crippen LogP contribution is -2.41. The van der Waals surface area contributed by atoms with Gasteiger partial charge < -0.3 is 10.1 Å². The largest absolute Gasteiger partial charge is 0.436 e. The van der Waals surface area contributed by atoms with E-state index in [1.54, 1.807) is 6.20 Å². The number of amides is 1. The van der Waals surface area contributed by atoms with Crippen molar-refractivity contribution in [2.45, 2.75) is 12.0 Å². The van der Waals surface area contributed by atoms with Gasteiger partial charge in [-0.2, -0.15) is 0 Å². The second-order valence-corrected chi connectivity index (χ2v) is 3.84. The molecule has 2 aliphatic heterocycles. The number of fused-ring (bicyclic) bond motifs is 2. The molecule has 0 aliphatic carbocycles. The van der Waals surface area contributed by atoms with Gasteiger partial charge in [0.2, 0.25) is 0 Å². The second-order valence-electron chi connectivity index (χ2n) is 3.84. The molecule has 1 atom stereocenters. The number of hydrogen-bond acceptors (Lipinski definition) is 4. The number of hydrogen-bond donors (Lipinski definition) is 2. The van der Waals surface area contributed by atoms with Gasteiger partial charge in [-0.3, -0.25) is 5.32 Å². The van der Waals surface area contributed by atoms with Crippen LogP contribution in [-0.4, -0.2) is 24.2 Å². The van der Waals surface area contributed by atoms with E-state index in [1.807, 2.05) is 12.1 Å². The van der Waals surface area contributed by atoms with Crippen molar-refractivity contribution in [1.29, 1.82) is 0 Å². The van der Waals surface area contributed by atoms with Crippen molar-refractivity contribution in [2.75, 3.05) is 18.4 Å². The van der Waals surface area contributed by atoms with Crippen molar-refractivity contribution in [3.8, 4) is 0 Å². The molecule has 1 aromatic heterocycles. The molecule has 1 aromatic rings. The number of anilines is 1. The molecule has 1 unspecified atom stereocenters. The number of nitrogens with zero attached hydrogens (tertiary/aromatic N) is 1. The van der Waals surface area contributed by atoms with E-state index >= 15 is 0 Å². The van der Waals surface area contributed by atoms with Crippen molar-refractivity contribution in [2.24, 2.45) is 0 Å². The van der Waals surface area contributed by atoms with Crippen molar-refractivity contribution in [1.82, 2.24) is 10.3 Å². The van der Waals surface area contributed by atoms with E-state index in [0.717, 1.165) is 18.5 Å². The first-order valence-electron chi connectivity index (χ1n) is 4.96. The minimum atomic E-state index is -0.508. The zero-order valence-corrected chi connectivity index (χ0v) is 8.12.